The molecule has 8 unspecified atom stereocenters. The minimum atomic E-state index is -1.08. The van der Waals surface area contributed by atoms with Crippen molar-refractivity contribution in [3.63, 3.8) is 0 Å². The number of benzene rings is 1. The molecule has 4 saturated carbocycles. The van der Waals surface area contributed by atoms with Gasteiger partial charge in [-0.2, -0.15) is 0 Å². The summed E-state index contributed by atoms with van der Waals surface area (Å²) in [5, 5.41) is 54.6. The highest BCUT2D eigenvalue weighted by molar-refractivity contribution is 5.85. The van der Waals surface area contributed by atoms with Crippen LogP contribution in [0.25, 0.3) is 0 Å². The number of fused-ring (bicyclic) bond motifs is 5. The van der Waals surface area contributed by atoms with Crippen LogP contribution in [0.5, 0.6) is 11.5 Å². The molecule has 1 aromatic rings. The molecule has 0 saturated heterocycles. The van der Waals surface area contributed by atoms with Gasteiger partial charge in [-0.25, -0.2) is 4.79 Å². The maximum Gasteiger partial charge on any atom is 0.331 e. The Balaban J connectivity index is 1.29. The minimum absolute atomic E-state index is 0.00381. The lowest BCUT2D eigenvalue weighted by molar-refractivity contribution is -0.237. The predicted octanol–water partition coefficient (Wildman–Crippen LogP) is 3.42. The molecule has 1 heterocycles. The highest BCUT2D eigenvalue weighted by Crippen LogP contribution is 2.70. The summed E-state index contributed by atoms with van der Waals surface area (Å²) in [5.41, 5.74) is -1.12. The molecule has 0 bridgehead atoms. The lowest BCUT2D eigenvalue weighted by Crippen LogP contribution is -2.68. The van der Waals surface area contributed by atoms with E-state index in [9.17, 15) is 30.3 Å². The van der Waals surface area contributed by atoms with Gasteiger partial charge in [-0.05, 0) is 98.8 Å². The molecular weight excluding hydrogens is 498 g/mol. The molecule has 1 aromatic carbocycles. The number of carbonyl (C=O) groups is 1. The van der Waals surface area contributed by atoms with Crippen LogP contribution in [0, 0.1) is 28.6 Å². The number of carbonyl (C=O) groups excluding carboxylic acids is 1. The summed E-state index contributed by atoms with van der Waals surface area (Å²) in [5.74, 6) is -0.457. The summed E-state index contributed by atoms with van der Waals surface area (Å²) in [6.07, 6.45) is 9.48. The van der Waals surface area contributed by atoms with Gasteiger partial charge in [0, 0.05) is 36.1 Å². The van der Waals surface area contributed by atoms with E-state index in [1.54, 1.807) is 18.2 Å². The number of aliphatic hydroxyl groups excluding tert-OH is 1. The maximum atomic E-state index is 12.5. The summed E-state index contributed by atoms with van der Waals surface area (Å²) >= 11 is 0. The van der Waals surface area contributed by atoms with E-state index in [0.29, 0.717) is 58.1 Å². The highest BCUT2D eigenvalue weighted by Gasteiger charge is 2.71. The standard InChI is InChI=1S/C31H41NO7/c1-28-9-5-23-24(31(28,38)12-7-22(28)20-15-27(36)39-17-20)6-11-30(37)16-21(33)4-10-29(23,30)18-32-13-8-19-2-3-25(34)26(35)14-19/h2-3,14-15,18,21-24,33-35,37-38H,4-13,16-17H2,1H3. The Morgan fingerprint density at radius 3 is 2.56 bits per heavy atom. The van der Waals surface area contributed by atoms with E-state index in [2.05, 4.69) is 6.92 Å². The van der Waals surface area contributed by atoms with Gasteiger partial charge in [0.1, 0.15) is 6.61 Å². The first-order chi connectivity index (χ1) is 18.5. The molecule has 6 rings (SSSR count). The fourth-order valence-electron chi connectivity index (χ4n) is 9.51. The van der Waals surface area contributed by atoms with E-state index >= 15 is 0 Å². The summed E-state index contributed by atoms with van der Waals surface area (Å²) in [7, 11) is 0. The monoisotopic (exact) mass is 539 g/mol. The average molecular weight is 540 g/mol. The van der Waals surface area contributed by atoms with Gasteiger partial charge in [-0.1, -0.05) is 13.0 Å². The number of aromatic hydroxyl groups is 2. The van der Waals surface area contributed by atoms with Gasteiger partial charge in [-0.3, -0.25) is 4.99 Å². The van der Waals surface area contributed by atoms with Gasteiger partial charge in [0.05, 0.1) is 17.3 Å². The van der Waals surface area contributed by atoms with Crippen LogP contribution in [-0.4, -0.2) is 68.2 Å². The highest BCUT2D eigenvalue weighted by atomic mass is 16.5. The van der Waals surface area contributed by atoms with Crippen LogP contribution >= 0.6 is 0 Å². The van der Waals surface area contributed by atoms with E-state index in [1.165, 1.54) is 6.07 Å². The van der Waals surface area contributed by atoms with Crippen LogP contribution in [0.2, 0.25) is 0 Å². The molecule has 0 spiro atoms. The number of hydrogen-bond acceptors (Lipinski definition) is 8. The quantitative estimate of drug-likeness (QED) is 0.219. The molecule has 0 aromatic heterocycles. The smallest absolute Gasteiger partial charge is 0.331 e. The number of rotatable bonds is 5. The maximum absolute atomic E-state index is 12.5. The molecule has 1 aliphatic heterocycles. The molecule has 4 fully saturated rings. The Morgan fingerprint density at radius 2 is 1.82 bits per heavy atom. The van der Waals surface area contributed by atoms with Crippen molar-refractivity contribution in [2.24, 2.45) is 33.6 Å². The van der Waals surface area contributed by atoms with Crippen LogP contribution in [-0.2, 0) is 16.0 Å². The minimum Gasteiger partial charge on any atom is -0.504 e. The molecule has 5 N–H and O–H groups in total. The van der Waals surface area contributed by atoms with Gasteiger partial charge in [0.15, 0.2) is 11.5 Å². The lowest BCUT2D eigenvalue weighted by atomic mass is 9.41. The molecule has 8 nitrogen and oxygen atoms in total. The Morgan fingerprint density at radius 1 is 1.03 bits per heavy atom. The van der Waals surface area contributed by atoms with Crippen LogP contribution in [0.15, 0.2) is 34.8 Å². The molecule has 212 valence electrons. The zero-order valence-corrected chi connectivity index (χ0v) is 22.7. The predicted molar refractivity (Wildman–Crippen MR) is 144 cm³/mol. The fraction of sp³-hybridized carbons (Fsp3) is 0.677. The molecule has 0 amide bonds. The van der Waals surface area contributed by atoms with Gasteiger partial charge in [0.25, 0.3) is 0 Å². The van der Waals surface area contributed by atoms with Crippen molar-refractivity contribution in [2.75, 3.05) is 13.2 Å². The second-order valence-electron chi connectivity index (χ2n) is 13.1. The van der Waals surface area contributed by atoms with Crippen molar-refractivity contribution in [1.82, 2.24) is 0 Å². The lowest BCUT2D eigenvalue weighted by Gasteiger charge is -2.65. The van der Waals surface area contributed by atoms with Gasteiger partial charge >= 0.3 is 5.97 Å². The zero-order chi connectivity index (χ0) is 27.6. The van der Waals surface area contributed by atoms with E-state index < -0.39 is 22.7 Å². The number of cyclic esters (lactones) is 1. The first kappa shape index (κ1) is 26.8. The average Bonchev–Trinajstić information content (AvgIpc) is 3.43. The number of nitrogens with zero attached hydrogens (tertiary/aromatic N) is 1. The van der Waals surface area contributed by atoms with E-state index in [-0.39, 0.29) is 40.6 Å². The van der Waals surface area contributed by atoms with Crippen molar-refractivity contribution >= 4 is 12.2 Å². The third-order valence-corrected chi connectivity index (χ3v) is 11.5. The molecule has 5 aliphatic rings. The summed E-state index contributed by atoms with van der Waals surface area (Å²) in [6.45, 7) is 2.97. The third-order valence-electron chi connectivity index (χ3n) is 11.5. The van der Waals surface area contributed by atoms with Gasteiger partial charge in [-0.15, -0.1) is 0 Å². The normalized spacial score (nSPS) is 43.5. The van der Waals surface area contributed by atoms with Crippen molar-refractivity contribution in [1.29, 1.82) is 0 Å². The van der Waals surface area contributed by atoms with Gasteiger partial charge < -0.3 is 30.3 Å². The van der Waals surface area contributed by atoms with Crippen LogP contribution in [0.4, 0.5) is 0 Å². The fourth-order valence-corrected chi connectivity index (χ4v) is 9.51. The zero-order valence-electron chi connectivity index (χ0n) is 22.7. The number of aliphatic hydroxyl groups is 3. The molecule has 8 heteroatoms. The Kier molecular flexibility index (Phi) is 6.40. The first-order valence-corrected chi connectivity index (χ1v) is 14.5. The number of ether oxygens (including phenoxy) is 1. The second-order valence-corrected chi connectivity index (χ2v) is 13.1. The SMILES string of the molecule is CC12CCC3C(CCC4(O)CC(O)CCC34C=NCCc3ccc(O)c(O)c3)C1(O)CCC2C1=CC(=O)OC1. The van der Waals surface area contributed by atoms with Crippen molar-refractivity contribution in [2.45, 2.75) is 88.4 Å². The number of hydrogen-bond donors (Lipinski definition) is 5. The Bertz CT molecular complexity index is 1210. The largest absolute Gasteiger partial charge is 0.504 e. The number of phenolic OH excluding ortho intramolecular Hbond substituents is 2. The molecule has 4 aliphatic carbocycles. The number of aliphatic imine (C=N–C) groups is 1. The first-order valence-electron chi connectivity index (χ1n) is 14.5. The van der Waals surface area contributed by atoms with E-state index in [1.807, 2.05) is 6.21 Å². The number of esters is 1. The number of phenols is 2. The van der Waals surface area contributed by atoms with Crippen LogP contribution < -0.4 is 0 Å². The summed E-state index contributed by atoms with van der Waals surface area (Å²) in [6, 6.07) is 4.77. The van der Waals surface area contributed by atoms with E-state index in [0.717, 1.165) is 30.4 Å². The van der Waals surface area contributed by atoms with Crippen LogP contribution in [0.1, 0.15) is 70.3 Å². The Hall–Kier alpha value is -2.42. The molecule has 8 atom stereocenters. The molecule has 39 heavy (non-hydrogen) atoms. The summed E-state index contributed by atoms with van der Waals surface area (Å²) < 4.78 is 5.24. The summed E-state index contributed by atoms with van der Waals surface area (Å²) in [4.78, 5) is 16.7. The van der Waals surface area contributed by atoms with Gasteiger partial charge in [0.2, 0.25) is 0 Å². The molecular formula is C31H41NO7. The van der Waals surface area contributed by atoms with Crippen molar-refractivity contribution in [3.05, 3.63) is 35.4 Å². The van der Waals surface area contributed by atoms with Crippen molar-refractivity contribution in [3.8, 4) is 11.5 Å². The third kappa shape index (κ3) is 3.97. The van der Waals surface area contributed by atoms with E-state index in [4.69, 9.17) is 9.73 Å². The topological polar surface area (TPSA) is 140 Å². The van der Waals surface area contributed by atoms with Crippen LogP contribution in [0.3, 0.4) is 0 Å². The Labute approximate surface area is 229 Å². The second kappa shape index (κ2) is 9.32. The van der Waals surface area contributed by atoms with Crippen molar-refractivity contribution < 1.29 is 35.1 Å². The molecule has 0 radical (unpaired) electrons.